The number of aliphatic hydroxyl groups is 1. The Labute approximate surface area is 109 Å². The van der Waals surface area contributed by atoms with Crippen molar-refractivity contribution in [2.75, 3.05) is 19.7 Å². The van der Waals surface area contributed by atoms with Crippen molar-refractivity contribution in [3.8, 4) is 0 Å². The number of hydrogen-bond donors (Lipinski definition) is 1. The summed E-state index contributed by atoms with van der Waals surface area (Å²) >= 11 is 2.21. The Morgan fingerprint density at radius 3 is 2.88 bits per heavy atom. The van der Waals surface area contributed by atoms with Crippen molar-refractivity contribution in [2.45, 2.75) is 6.92 Å². The molecule has 2 rings (SSSR count). The van der Waals surface area contributed by atoms with Gasteiger partial charge in [0.2, 0.25) is 0 Å². The molecule has 1 aromatic rings. The minimum Gasteiger partial charge on any atom is -0.396 e. The predicted octanol–water partition coefficient (Wildman–Crippen LogP) is 1.66. The summed E-state index contributed by atoms with van der Waals surface area (Å²) < 4.78 is 1.03. The van der Waals surface area contributed by atoms with Gasteiger partial charge in [0.05, 0.1) is 5.56 Å². The van der Waals surface area contributed by atoms with Crippen molar-refractivity contribution in [1.29, 1.82) is 0 Å². The van der Waals surface area contributed by atoms with Crippen LogP contribution in [0, 0.1) is 16.4 Å². The number of aliphatic hydroxyl groups excluding tert-OH is 1. The number of amides is 1. The zero-order valence-corrected chi connectivity index (χ0v) is 11.3. The van der Waals surface area contributed by atoms with Gasteiger partial charge in [-0.15, -0.1) is 0 Å². The first kappa shape index (κ1) is 11.9. The van der Waals surface area contributed by atoms with Gasteiger partial charge in [-0.05, 0) is 41.1 Å². The zero-order chi connectivity index (χ0) is 11.7. The Morgan fingerprint density at radius 2 is 2.25 bits per heavy atom. The molecule has 0 spiro atoms. The molecule has 4 heteroatoms. The smallest absolute Gasteiger partial charge is 0.254 e. The molecule has 1 heterocycles. The highest BCUT2D eigenvalue weighted by Crippen LogP contribution is 2.22. The quantitative estimate of drug-likeness (QED) is 0.838. The van der Waals surface area contributed by atoms with Crippen molar-refractivity contribution in [3.63, 3.8) is 0 Å². The first-order valence-electron chi connectivity index (χ1n) is 5.28. The van der Waals surface area contributed by atoms with Gasteiger partial charge < -0.3 is 10.0 Å². The summed E-state index contributed by atoms with van der Waals surface area (Å²) in [5.41, 5.74) is 1.91. The van der Waals surface area contributed by atoms with Gasteiger partial charge in [-0.1, -0.05) is 12.1 Å². The molecule has 0 bridgehead atoms. The summed E-state index contributed by atoms with van der Waals surface area (Å²) in [6.07, 6.45) is 0. The van der Waals surface area contributed by atoms with E-state index in [0.29, 0.717) is 13.1 Å². The number of rotatable bonds is 2. The van der Waals surface area contributed by atoms with E-state index in [0.717, 1.165) is 14.7 Å². The van der Waals surface area contributed by atoms with Crippen LogP contribution in [0.4, 0.5) is 0 Å². The lowest BCUT2D eigenvalue weighted by Crippen LogP contribution is -2.51. The van der Waals surface area contributed by atoms with Crippen LogP contribution in [0.15, 0.2) is 18.2 Å². The molecule has 16 heavy (non-hydrogen) atoms. The Balaban J connectivity index is 2.13. The largest absolute Gasteiger partial charge is 0.396 e. The first-order chi connectivity index (χ1) is 7.63. The molecule has 1 fully saturated rings. The van der Waals surface area contributed by atoms with Gasteiger partial charge in [0.25, 0.3) is 5.91 Å². The summed E-state index contributed by atoms with van der Waals surface area (Å²) in [6, 6.07) is 5.78. The van der Waals surface area contributed by atoms with E-state index >= 15 is 0 Å². The van der Waals surface area contributed by atoms with Crippen LogP contribution in [0.2, 0.25) is 0 Å². The molecule has 1 saturated heterocycles. The minimum atomic E-state index is 0.0813. The number of carbonyl (C=O) groups is 1. The molecule has 0 atom stereocenters. The third-order valence-electron chi connectivity index (χ3n) is 2.92. The number of carbonyl (C=O) groups excluding carboxylic acids is 1. The molecule has 1 N–H and O–H groups in total. The van der Waals surface area contributed by atoms with Crippen LogP contribution in [0.25, 0.3) is 0 Å². The maximum Gasteiger partial charge on any atom is 0.254 e. The highest BCUT2D eigenvalue weighted by atomic mass is 127. The molecule has 3 nitrogen and oxygen atoms in total. The van der Waals surface area contributed by atoms with Gasteiger partial charge >= 0.3 is 0 Å². The molecule has 0 radical (unpaired) electrons. The third kappa shape index (κ3) is 2.08. The van der Waals surface area contributed by atoms with E-state index in [1.54, 1.807) is 4.90 Å². The zero-order valence-electron chi connectivity index (χ0n) is 9.11. The number of hydrogen-bond acceptors (Lipinski definition) is 2. The number of aryl methyl sites for hydroxylation is 1. The maximum atomic E-state index is 12.1. The van der Waals surface area contributed by atoms with Crippen LogP contribution in [0.5, 0.6) is 0 Å². The van der Waals surface area contributed by atoms with E-state index in [1.165, 1.54) is 0 Å². The lowest BCUT2D eigenvalue weighted by Gasteiger charge is -2.38. The van der Waals surface area contributed by atoms with Gasteiger partial charge in [0.1, 0.15) is 0 Å². The van der Waals surface area contributed by atoms with E-state index in [2.05, 4.69) is 22.6 Å². The predicted molar refractivity (Wildman–Crippen MR) is 70.4 cm³/mol. The summed E-state index contributed by atoms with van der Waals surface area (Å²) in [5.74, 6) is 0.351. The molecular formula is C12H14INO2. The summed E-state index contributed by atoms with van der Waals surface area (Å²) in [6.45, 7) is 3.54. The van der Waals surface area contributed by atoms with Crippen LogP contribution in [0.1, 0.15) is 15.9 Å². The molecule has 86 valence electrons. The average Bonchev–Trinajstić information content (AvgIpc) is 2.20. The summed E-state index contributed by atoms with van der Waals surface area (Å²) in [4.78, 5) is 13.9. The van der Waals surface area contributed by atoms with Crippen molar-refractivity contribution in [2.24, 2.45) is 5.92 Å². The molecule has 0 unspecified atom stereocenters. The highest BCUT2D eigenvalue weighted by Gasteiger charge is 2.31. The Hall–Kier alpha value is -0.620. The second-order valence-electron chi connectivity index (χ2n) is 4.20. The fourth-order valence-corrected chi connectivity index (χ4v) is 2.42. The van der Waals surface area contributed by atoms with Gasteiger partial charge in [0, 0.05) is 29.2 Å². The van der Waals surface area contributed by atoms with Gasteiger partial charge in [-0.2, -0.15) is 0 Å². The third-order valence-corrected chi connectivity index (χ3v) is 4.36. The van der Waals surface area contributed by atoms with Crippen LogP contribution in [0.3, 0.4) is 0 Å². The van der Waals surface area contributed by atoms with Crippen molar-refractivity contribution >= 4 is 28.5 Å². The summed E-state index contributed by atoms with van der Waals surface area (Å²) in [7, 11) is 0. The Kier molecular flexibility index (Phi) is 3.49. The second-order valence-corrected chi connectivity index (χ2v) is 5.27. The molecule has 0 aliphatic carbocycles. The van der Waals surface area contributed by atoms with E-state index in [1.807, 2.05) is 25.1 Å². The van der Waals surface area contributed by atoms with Crippen LogP contribution < -0.4 is 0 Å². The second kappa shape index (κ2) is 4.71. The van der Waals surface area contributed by atoms with Crippen LogP contribution in [-0.4, -0.2) is 35.6 Å². The molecule has 1 amide bonds. The summed E-state index contributed by atoms with van der Waals surface area (Å²) in [5, 5.41) is 8.92. The van der Waals surface area contributed by atoms with Crippen molar-refractivity contribution < 1.29 is 9.90 Å². The molecule has 1 aliphatic heterocycles. The SMILES string of the molecule is Cc1cccc(C(=O)N2CC(CO)C2)c1I. The first-order valence-corrected chi connectivity index (χ1v) is 6.36. The van der Waals surface area contributed by atoms with Crippen molar-refractivity contribution in [1.82, 2.24) is 4.90 Å². The average molecular weight is 331 g/mol. The number of nitrogens with zero attached hydrogens (tertiary/aromatic N) is 1. The fourth-order valence-electron chi connectivity index (χ4n) is 1.83. The van der Waals surface area contributed by atoms with Gasteiger partial charge in [-0.3, -0.25) is 4.79 Å². The van der Waals surface area contributed by atoms with E-state index in [-0.39, 0.29) is 18.4 Å². The molecule has 1 aliphatic rings. The standard InChI is InChI=1S/C12H14INO2/c1-8-3-2-4-10(11(8)13)12(16)14-5-9(6-14)7-15/h2-4,9,15H,5-7H2,1H3. The molecule has 0 aromatic heterocycles. The normalized spacial score (nSPS) is 16.1. The number of halogens is 1. The highest BCUT2D eigenvalue weighted by molar-refractivity contribution is 14.1. The van der Waals surface area contributed by atoms with Gasteiger partial charge in [0.15, 0.2) is 0 Å². The Morgan fingerprint density at radius 1 is 1.56 bits per heavy atom. The lowest BCUT2D eigenvalue weighted by molar-refractivity contribution is 0.0361. The monoisotopic (exact) mass is 331 g/mol. The Bertz CT molecular complexity index is 413. The van der Waals surface area contributed by atoms with Crippen molar-refractivity contribution in [3.05, 3.63) is 32.9 Å². The minimum absolute atomic E-state index is 0.0813. The van der Waals surface area contributed by atoms with E-state index in [9.17, 15) is 4.79 Å². The van der Waals surface area contributed by atoms with Crippen LogP contribution in [-0.2, 0) is 0 Å². The van der Waals surface area contributed by atoms with Gasteiger partial charge in [-0.25, -0.2) is 0 Å². The number of likely N-dealkylation sites (tertiary alicyclic amines) is 1. The van der Waals surface area contributed by atoms with Crippen LogP contribution >= 0.6 is 22.6 Å². The lowest BCUT2D eigenvalue weighted by atomic mass is 9.99. The maximum absolute atomic E-state index is 12.1. The topological polar surface area (TPSA) is 40.5 Å². The number of benzene rings is 1. The van der Waals surface area contributed by atoms with E-state index < -0.39 is 0 Å². The molecule has 1 aromatic carbocycles. The van der Waals surface area contributed by atoms with E-state index in [4.69, 9.17) is 5.11 Å². The fraction of sp³-hybridized carbons (Fsp3) is 0.417. The molecule has 0 saturated carbocycles. The molecular weight excluding hydrogens is 317 g/mol.